The number of carbonyl (C=O) groups excluding carboxylic acids is 4. The first kappa shape index (κ1) is 54.0. The monoisotopic (exact) mass is 1070 g/mol. The van der Waals surface area contributed by atoms with Crippen LogP contribution in [-0.4, -0.2) is 109 Å². The number of nitrogens with two attached hydrogens (primary N) is 1. The number of carbonyl (C=O) groups is 4. The van der Waals surface area contributed by atoms with E-state index in [0.717, 1.165) is 59.4 Å². The van der Waals surface area contributed by atoms with Gasteiger partial charge in [-0.3, -0.25) is 34.0 Å². The SMILES string of the molecule is COC(=O)[C@@H]1CCCCN1Cc1ccc(C(=O)Nc2cccc(-c3cccc(NC(=O)c4ccc(CNCCNC(=O)CCCOc5ccc(CCNc6nc(N)n7nc(-c8ccco8)nc7n6)cc5)cn4)c3C)c2Cl)nc1. The molecule has 1 aliphatic rings. The summed E-state index contributed by atoms with van der Waals surface area (Å²) in [4.78, 5) is 75.6. The lowest BCUT2D eigenvalue weighted by Crippen LogP contribution is -2.44. The van der Waals surface area contributed by atoms with Gasteiger partial charge in [-0.05, 0) is 115 Å². The number of furan rings is 1. The molecule has 0 unspecified atom stereocenters. The van der Waals surface area contributed by atoms with Gasteiger partial charge >= 0.3 is 5.97 Å². The summed E-state index contributed by atoms with van der Waals surface area (Å²) in [6.45, 7) is 5.63. The van der Waals surface area contributed by atoms with Crippen molar-refractivity contribution in [1.29, 1.82) is 0 Å². The number of methoxy groups -OCH3 is 1. The molecule has 1 fully saturated rings. The number of anilines is 4. The first-order chi connectivity index (χ1) is 38.0. The van der Waals surface area contributed by atoms with Crippen LogP contribution in [0.15, 0.2) is 120 Å². The van der Waals surface area contributed by atoms with Crippen LogP contribution in [0.25, 0.3) is 28.5 Å². The van der Waals surface area contributed by atoms with Crippen molar-refractivity contribution >= 4 is 64.3 Å². The number of hydrogen-bond donors (Lipinski definition) is 6. The third-order valence-corrected chi connectivity index (χ3v) is 13.5. The predicted molar refractivity (Wildman–Crippen MR) is 295 cm³/mol. The second-order valence-electron chi connectivity index (χ2n) is 18.5. The maximum atomic E-state index is 13.4. The first-order valence-electron chi connectivity index (χ1n) is 25.6. The van der Waals surface area contributed by atoms with E-state index in [-0.39, 0.29) is 41.2 Å². The summed E-state index contributed by atoms with van der Waals surface area (Å²) in [6, 6.07) is 28.9. The van der Waals surface area contributed by atoms with E-state index in [4.69, 9.17) is 31.2 Å². The van der Waals surface area contributed by atoms with Crippen molar-refractivity contribution in [3.63, 3.8) is 0 Å². The number of piperidine rings is 1. The highest BCUT2D eigenvalue weighted by atomic mass is 35.5. The molecule has 1 saturated heterocycles. The molecular weight excluding hydrogens is 1020 g/mol. The Morgan fingerprint density at radius 2 is 1.53 bits per heavy atom. The minimum atomic E-state index is -0.426. The molecule has 3 amide bonds. The Balaban J connectivity index is 0.656. The molecule has 0 spiro atoms. The topological polar surface area (TPSA) is 271 Å². The third-order valence-electron chi connectivity index (χ3n) is 13.1. The second-order valence-corrected chi connectivity index (χ2v) is 18.9. The number of nitrogens with one attached hydrogen (secondary N) is 5. The van der Waals surface area contributed by atoms with Crippen LogP contribution in [0.3, 0.4) is 0 Å². The standard InChI is InChI=1S/C56H59ClN14O7/c1-35-40(41-10-6-12-43(49(41)57)65-52(74)45-23-19-38(33-63-45)34-70-28-4-3-13-46(70)53(75)76-2)9-5-11-42(35)64-51(73)44-22-18-37(32-62-44)31-59-26-27-60-48(72)15-8-29-77-39-20-16-36(17-21-39)24-25-61-55-67-54(58)71-56(68-55)66-50(69-71)47-14-7-30-78-47/h5-7,9-12,14,16-23,30,32-33,46,59H,3-4,8,13,15,24-29,31,34H2,1-2H3,(H,60,72)(H,64,73)(H,65,74)(H3,58,61,66,67,68,69)/t46-/m0/s1. The fraction of sp³-hybridized carbons (Fsp3) is 0.286. The van der Waals surface area contributed by atoms with Crippen LogP contribution in [0.5, 0.6) is 5.75 Å². The summed E-state index contributed by atoms with van der Waals surface area (Å²) in [5.74, 6) is 1.29. The number of benzene rings is 3. The zero-order valence-corrected chi connectivity index (χ0v) is 43.9. The summed E-state index contributed by atoms with van der Waals surface area (Å²) >= 11 is 6.94. The van der Waals surface area contributed by atoms with Gasteiger partial charge in [-0.2, -0.15) is 19.5 Å². The average Bonchev–Trinajstić information content (AvgIpc) is 4.20. The normalized spacial score (nSPS) is 13.4. The molecule has 78 heavy (non-hydrogen) atoms. The van der Waals surface area contributed by atoms with Gasteiger partial charge in [0.2, 0.25) is 23.6 Å². The molecule has 3 aromatic carbocycles. The van der Waals surface area contributed by atoms with Crippen LogP contribution in [0, 0.1) is 6.92 Å². The maximum Gasteiger partial charge on any atom is 0.323 e. The Morgan fingerprint density at radius 3 is 2.26 bits per heavy atom. The molecule has 8 aromatic rings. The Bertz CT molecular complexity index is 3360. The fourth-order valence-electron chi connectivity index (χ4n) is 8.91. The number of aromatic nitrogens is 7. The number of likely N-dealkylation sites (tertiary alicyclic amines) is 1. The quantitative estimate of drug-likeness (QED) is 0.0267. The Labute approximate surface area is 454 Å². The number of rotatable bonds is 23. The van der Waals surface area contributed by atoms with E-state index >= 15 is 0 Å². The molecule has 6 heterocycles. The van der Waals surface area contributed by atoms with Gasteiger partial charge in [0.1, 0.15) is 23.2 Å². The van der Waals surface area contributed by atoms with Gasteiger partial charge in [0.15, 0.2) is 5.76 Å². The Hall–Kier alpha value is -8.79. The summed E-state index contributed by atoms with van der Waals surface area (Å²) in [5, 5.41) is 19.9. The molecule has 21 nitrogen and oxygen atoms in total. The van der Waals surface area contributed by atoms with Crippen molar-refractivity contribution < 1.29 is 33.1 Å². The molecule has 1 aliphatic heterocycles. The summed E-state index contributed by atoms with van der Waals surface area (Å²) in [7, 11) is 1.41. The van der Waals surface area contributed by atoms with E-state index in [1.165, 1.54) is 11.6 Å². The minimum Gasteiger partial charge on any atom is -0.494 e. The lowest BCUT2D eigenvalue weighted by Gasteiger charge is -2.33. The predicted octanol–water partition coefficient (Wildman–Crippen LogP) is 7.53. The van der Waals surface area contributed by atoms with E-state index in [0.29, 0.717) is 104 Å². The van der Waals surface area contributed by atoms with Gasteiger partial charge in [-0.1, -0.05) is 66.6 Å². The highest BCUT2D eigenvalue weighted by Crippen LogP contribution is 2.38. The zero-order valence-electron chi connectivity index (χ0n) is 43.1. The number of amides is 3. The molecule has 0 bridgehead atoms. The molecule has 0 aliphatic carbocycles. The van der Waals surface area contributed by atoms with Crippen LogP contribution in [0.4, 0.5) is 23.3 Å². The van der Waals surface area contributed by atoms with Crippen molar-refractivity contribution in [3.8, 4) is 28.5 Å². The molecule has 22 heteroatoms. The summed E-state index contributed by atoms with van der Waals surface area (Å²) in [6.07, 6.45) is 9.15. The van der Waals surface area contributed by atoms with Gasteiger partial charge < -0.3 is 46.2 Å². The van der Waals surface area contributed by atoms with Crippen LogP contribution in [0.1, 0.15) is 75.3 Å². The van der Waals surface area contributed by atoms with Gasteiger partial charge in [-0.25, -0.2) is 0 Å². The van der Waals surface area contributed by atoms with E-state index in [9.17, 15) is 19.2 Å². The smallest absolute Gasteiger partial charge is 0.323 e. The lowest BCUT2D eigenvalue weighted by atomic mass is 9.98. The van der Waals surface area contributed by atoms with Crippen LogP contribution >= 0.6 is 11.6 Å². The third kappa shape index (κ3) is 13.8. The molecule has 9 rings (SSSR count). The van der Waals surface area contributed by atoms with Crippen LogP contribution in [0.2, 0.25) is 5.02 Å². The van der Waals surface area contributed by atoms with E-state index in [2.05, 4.69) is 61.5 Å². The average molecular weight is 1080 g/mol. The van der Waals surface area contributed by atoms with E-state index in [1.54, 1.807) is 61.1 Å². The molecule has 0 saturated carbocycles. The van der Waals surface area contributed by atoms with Crippen molar-refractivity contribution in [2.75, 3.05) is 61.6 Å². The van der Waals surface area contributed by atoms with Gasteiger partial charge in [-0.15, -0.1) is 5.10 Å². The Kier molecular flexibility index (Phi) is 17.9. The first-order valence-corrected chi connectivity index (χ1v) is 26.0. The lowest BCUT2D eigenvalue weighted by molar-refractivity contribution is -0.148. The number of fused-ring (bicyclic) bond motifs is 1. The molecular formula is C56H59ClN14O7. The number of nitrogen functional groups attached to an aromatic ring is 1. The number of hydrogen-bond acceptors (Lipinski definition) is 17. The fourth-order valence-corrected chi connectivity index (χ4v) is 9.18. The van der Waals surface area contributed by atoms with Gasteiger partial charge in [0, 0.05) is 62.8 Å². The van der Waals surface area contributed by atoms with Gasteiger partial charge in [0.05, 0.1) is 30.7 Å². The maximum absolute atomic E-state index is 13.4. The highest BCUT2D eigenvalue weighted by molar-refractivity contribution is 6.36. The molecule has 402 valence electrons. The van der Waals surface area contributed by atoms with Crippen molar-refractivity contribution in [1.82, 2.24) is 50.1 Å². The molecule has 0 radical (unpaired) electrons. The zero-order chi connectivity index (χ0) is 54.4. The van der Waals surface area contributed by atoms with Crippen molar-refractivity contribution in [3.05, 3.63) is 154 Å². The van der Waals surface area contributed by atoms with E-state index < -0.39 is 5.91 Å². The minimum absolute atomic E-state index is 0.0631. The Morgan fingerprint density at radius 1 is 0.795 bits per heavy atom. The number of nitrogens with zero attached hydrogens (tertiary/aromatic N) is 8. The second kappa shape index (κ2) is 25.8. The summed E-state index contributed by atoms with van der Waals surface area (Å²) < 4.78 is 17.6. The number of esters is 1. The number of ether oxygens (including phenoxy) is 2. The molecule has 7 N–H and O–H groups in total. The van der Waals surface area contributed by atoms with Gasteiger partial charge in [0.25, 0.3) is 17.6 Å². The van der Waals surface area contributed by atoms with E-state index in [1.807, 2.05) is 61.5 Å². The van der Waals surface area contributed by atoms with Crippen molar-refractivity contribution in [2.45, 2.75) is 64.6 Å². The highest BCUT2D eigenvalue weighted by Gasteiger charge is 2.29. The summed E-state index contributed by atoms with van der Waals surface area (Å²) in [5.41, 5.74) is 12.6. The number of halogens is 1. The number of pyridine rings is 2. The molecule has 1 atom stereocenters. The van der Waals surface area contributed by atoms with Crippen molar-refractivity contribution in [2.24, 2.45) is 0 Å². The molecule has 5 aromatic heterocycles. The van der Waals surface area contributed by atoms with Crippen LogP contribution < -0.4 is 37.1 Å². The van der Waals surface area contributed by atoms with Crippen LogP contribution in [-0.2, 0) is 33.8 Å². The largest absolute Gasteiger partial charge is 0.494 e.